The van der Waals surface area contributed by atoms with Crippen molar-refractivity contribution in [2.24, 2.45) is 0 Å². The Labute approximate surface area is 124 Å². The quantitative estimate of drug-likeness (QED) is 0.894. The Morgan fingerprint density at radius 2 is 2.10 bits per heavy atom. The van der Waals surface area contributed by atoms with E-state index in [0.29, 0.717) is 12.2 Å². The molecule has 21 heavy (non-hydrogen) atoms. The summed E-state index contributed by atoms with van der Waals surface area (Å²) >= 11 is 0. The lowest BCUT2D eigenvalue weighted by Crippen LogP contribution is -2.35. The number of pyridine rings is 1. The Hall–Kier alpha value is -2.21. The maximum absolute atomic E-state index is 11.6. The van der Waals surface area contributed by atoms with Gasteiger partial charge in [-0.2, -0.15) is 5.10 Å². The molecule has 0 bridgehead atoms. The molecular weight excluding hydrogens is 266 g/mol. The average Bonchev–Trinajstić information content (AvgIpc) is 2.93. The van der Waals surface area contributed by atoms with Gasteiger partial charge in [0.2, 0.25) is 0 Å². The van der Waals surface area contributed by atoms with Crippen molar-refractivity contribution in [1.82, 2.24) is 25.4 Å². The lowest BCUT2D eigenvalue weighted by atomic mass is 10.1. The summed E-state index contributed by atoms with van der Waals surface area (Å²) in [6.45, 7) is 7.02. The van der Waals surface area contributed by atoms with E-state index in [1.54, 1.807) is 30.2 Å². The Morgan fingerprint density at radius 1 is 1.33 bits per heavy atom. The van der Waals surface area contributed by atoms with Gasteiger partial charge in [0.15, 0.2) is 11.5 Å². The van der Waals surface area contributed by atoms with Gasteiger partial charge in [0, 0.05) is 37.1 Å². The number of nitrogens with zero attached hydrogens (tertiary/aromatic N) is 3. The highest BCUT2D eigenvalue weighted by Gasteiger charge is 2.14. The fraction of sp³-hybridized carbons (Fsp3) is 0.400. The third kappa shape index (κ3) is 3.88. The summed E-state index contributed by atoms with van der Waals surface area (Å²) in [7, 11) is 1.58. The number of aromatic nitrogens is 3. The molecule has 0 radical (unpaired) electrons. The SMILES string of the molecule is CNC(=O)c1ccn(-c2ncccc2CNC(C)(C)C)n1. The smallest absolute Gasteiger partial charge is 0.271 e. The Kier molecular flexibility index (Phi) is 4.37. The highest BCUT2D eigenvalue weighted by Crippen LogP contribution is 2.12. The van der Waals surface area contributed by atoms with Gasteiger partial charge < -0.3 is 10.6 Å². The molecule has 0 atom stereocenters. The second-order valence-corrected chi connectivity index (χ2v) is 5.81. The maximum atomic E-state index is 11.6. The molecule has 2 heterocycles. The van der Waals surface area contributed by atoms with Crippen LogP contribution in [0.3, 0.4) is 0 Å². The van der Waals surface area contributed by atoms with Crippen LogP contribution in [0.5, 0.6) is 0 Å². The van der Waals surface area contributed by atoms with Crippen molar-refractivity contribution in [3.63, 3.8) is 0 Å². The van der Waals surface area contributed by atoms with Gasteiger partial charge in [0.25, 0.3) is 5.91 Å². The van der Waals surface area contributed by atoms with Crippen molar-refractivity contribution in [1.29, 1.82) is 0 Å². The molecule has 0 saturated heterocycles. The second-order valence-electron chi connectivity index (χ2n) is 5.81. The molecule has 0 aliphatic heterocycles. The van der Waals surface area contributed by atoms with Gasteiger partial charge in [0.05, 0.1) is 0 Å². The maximum Gasteiger partial charge on any atom is 0.271 e. The first-order valence-electron chi connectivity index (χ1n) is 6.88. The molecule has 0 fully saturated rings. The van der Waals surface area contributed by atoms with Crippen LogP contribution in [0, 0.1) is 0 Å². The number of hydrogen-bond donors (Lipinski definition) is 2. The Morgan fingerprint density at radius 3 is 2.76 bits per heavy atom. The molecular formula is C15H21N5O. The van der Waals surface area contributed by atoms with Crippen LogP contribution in [-0.2, 0) is 6.54 Å². The lowest BCUT2D eigenvalue weighted by molar-refractivity contribution is 0.0957. The van der Waals surface area contributed by atoms with Gasteiger partial charge in [-0.05, 0) is 32.9 Å². The molecule has 2 aromatic heterocycles. The first-order chi connectivity index (χ1) is 9.90. The lowest BCUT2D eigenvalue weighted by Gasteiger charge is -2.21. The van der Waals surface area contributed by atoms with Crippen molar-refractivity contribution < 1.29 is 4.79 Å². The van der Waals surface area contributed by atoms with E-state index in [1.807, 2.05) is 12.1 Å². The summed E-state index contributed by atoms with van der Waals surface area (Å²) in [5.74, 6) is 0.517. The number of nitrogens with one attached hydrogen (secondary N) is 2. The number of hydrogen-bond acceptors (Lipinski definition) is 4. The zero-order chi connectivity index (χ0) is 15.5. The summed E-state index contributed by atoms with van der Waals surface area (Å²) in [6, 6.07) is 5.57. The number of rotatable bonds is 4. The molecule has 2 rings (SSSR count). The molecule has 6 heteroatoms. The summed E-state index contributed by atoms with van der Waals surface area (Å²) < 4.78 is 1.63. The van der Waals surface area contributed by atoms with Gasteiger partial charge in [-0.3, -0.25) is 4.79 Å². The van der Waals surface area contributed by atoms with E-state index in [-0.39, 0.29) is 11.4 Å². The molecule has 112 valence electrons. The number of carbonyl (C=O) groups excluding carboxylic acids is 1. The topological polar surface area (TPSA) is 71.8 Å². The molecule has 0 unspecified atom stereocenters. The predicted molar refractivity (Wildman–Crippen MR) is 81.3 cm³/mol. The van der Waals surface area contributed by atoms with E-state index in [0.717, 1.165) is 11.4 Å². The zero-order valence-electron chi connectivity index (χ0n) is 12.8. The van der Waals surface area contributed by atoms with Crippen LogP contribution < -0.4 is 10.6 Å². The Balaban J connectivity index is 2.27. The normalized spacial score (nSPS) is 11.4. The minimum Gasteiger partial charge on any atom is -0.354 e. The highest BCUT2D eigenvalue weighted by atomic mass is 16.1. The standard InChI is InChI=1S/C15H21N5O/c1-15(2,3)18-10-11-6-5-8-17-13(11)20-9-7-12(19-20)14(21)16-4/h5-9,18H,10H2,1-4H3,(H,16,21). The molecule has 0 aromatic carbocycles. The molecule has 0 aliphatic carbocycles. The van der Waals surface area contributed by atoms with E-state index in [2.05, 4.69) is 41.5 Å². The third-order valence-electron chi connectivity index (χ3n) is 2.94. The first-order valence-corrected chi connectivity index (χ1v) is 6.88. The monoisotopic (exact) mass is 287 g/mol. The fourth-order valence-corrected chi connectivity index (χ4v) is 1.83. The van der Waals surface area contributed by atoms with Gasteiger partial charge in [-0.15, -0.1) is 0 Å². The van der Waals surface area contributed by atoms with Gasteiger partial charge in [-0.1, -0.05) is 6.07 Å². The molecule has 0 spiro atoms. The van der Waals surface area contributed by atoms with Gasteiger partial charge >= 0.3 is 0 Å². The van der Waals surface area contributed by atoms with Crippen LogP contribution in [0.25, 0.3) is 5.82 Å². The molecule has 0 aliphatic rings. The fourth-order valence-electron chi connectivity index (χ4n) is 1.83. The van der Waals surface area contributed by atoms with E-state index in [1.165, 1.54) is 0 Å². The number of amides is 1. The summed E-state index contributed by atoms with van der Waals surface area (Å²) in [6.07, 6.45) is 3.46. The van der Waals surface area contributed by atoms with Crippen molar-refractivity contribution in [2.75, 3.05) is 7.05 Å². The molecule has 2 aromatic rings. The van der Waals surface area contributed by atoms with Crippen LogP contribution in [0.4, 0.5) is 0 Å². The van der Waals surface area contributed by atoms with Crippen LogP contribution in [0.1, 0.15) is 36.8 Å². The first kappa shape index (κ1) is 15.2. The van der Waals surface area contributed by atoms with E-state index in [9.17, 15) is 4.79 Å². The third-order valence-corrected chi connectivity index (χ3v) is 2.94. The average molecular weight is 287 g/mol. The molecule has 2 N–H and O–H groups in total. The van der Waals surface area contributed by atoms with Crippen LogP contribution in [0.15, 0.2) is 30.6 Å². The molecule has 6 nitrogen and oxygen atoms in total. The van der Waals surface area contributed by atoms with Crippen LogP contribution in [-0.4, -0.2) is 33.3 Å². The van der Waals surface area contributed by atoms with Crippen LogP contribution in [0.2, 0.25) is 0 Å². The Bertz CT molecular complexity index is 627. The molecule has 1 amide bonds. The van der Waals surface area contributed by atoms with Gasteiger partial charge in [0.1, 0.15) is 0 Å². The molecule has 0 saturated carbocycles. The number of carbonyl (C=O) groups is 1. The van der Waals surface area contributed by atoms with Crippen molar-refractivity contribution in [3.8, 4) is 5.82 Å². The van der Waals surface area contributed by atoms with Crippen molar-refractivity contribution in [2.45, 2.75) is 32.9 Å². The van der Waals surface area contributed by atoms with E-state index >= 15 is 0 Å². The van der Waals surface area contributed by atoms with E-state index < -0.39 is 0 Å². The minimum absolute atomic E-state index is 0.0183. The van der Waals surface area contributed by atoms with Crippen molar-refractivity contribution in [3.05, 3.63) is 41.9 Å². The second kappa shape index (κ2) is 6.05. The summed E-state index contributed by atoms with van der Waals surface area (Å²) in [5.41, 5.74) is 1.42. The predicted octanol–water partition coefficient (Wildman–Crippen LogP) is 1.52. The van der Waals surface area contributed by atoms with Crippen molar-refractivity contribution >= 4 is 5.91 Å². The zero-order valence-corrected chi connectivity index (χ0v) is 12.8. The summed E-state index contributed by atoms with van der Waals surface area (Å²) in [4.78, 5) is 16.0. The van der Waals surface area contributed by atoms with E-state index in [4.69, 9.17) is 0 Å². The van der Waals surface area contributed by atoms with Crippen LogP contribution >= 0.6 is 0 Å². The largest absolute Gasteiger partial charge is 0.354 e. The minimum atomic E-state index is -0.209. The van der Waals surface area contributed by atoms with Gasteiger partial charge in [-0.25, -0.2) is 9.67 Å². The summed E-state index contributed by atoms with van der Waals surface area (Å²) in [5, 5.41) is 10.3. The highest BCUT2D eigenvalue weighted by molar-refractivity contribution is 5.91.